The molecular weight excluding hydrogens is 301 g/mol. The van der Waals surface area contributed by atoms with Crippen LogP contribution < -0.4 is 5.43 Å². The Morgan fingerprint density at radius 1 is 1.22 bits per heavy atom. The van der Waals surface area contributed by atoms with Crippen LogP contribution in [0.2, 0.25) is 0 Å². The normalized spacial score (nSPS) is 10.0. The van der Waals surface area contributed by atoms with Gasteiger partial charge in [0.1, 0.15) is 23.6 Å². The van der Waals surface area contributed by atoms with E-state index in [9.17, 15) is 14.5 Å². The lowest BCUT2D eigenvalue weighted by atomic mass is 10.1. The second kappa shape index (κ2) is 6.78. The summed E-state index contributed by atoms with van der Waals surface area (Å²) >= 11 is 0. The summed E-state index contributed by atoms with van der Waals surface area (Å²) < 4.78 is 13.4. The van der Waals surface area contributed by atoms with Crippen LogP contribution in [0.3, 0.4) is 0 Å². The number of hydrazone groups is 1. The molecule has 1 N–H and O–H groups in total. The largest absolute Gasteiger partial charge is 0.295 e. The van der Waals surface area contributed by atoms with Crippen LogP contribution in [0.15, 0.2) is 41.5 Å². The molecule has 0 aliphatic heterocycles. The summed E-state index contributed by atoms with van der Waals surface area (Å²) in [5.74, 6) is -0.495. The third kappa shape index (κ3) is 3.46. The molecule has 0 unspecified atom stereocenters. The van der Waals surface area contributed by atoms with E-state index in [4.69, 9.17) is 10.5 Å². The molecule has 2 aromatic rings. The minimum atomic E-state index is -0.705. The van der Waals surface area contributed by atoms with Gasteiger partial charge in [-0.25, -0.2) is 4.39 Å². The van der Waals surface area contributed by atoms with Gasteiger partial charge in [-0.1, -0.05) is 18.2 Å². The summed E-state index contributed by atoms with van der Waals surface area (Å²) in [6.07, 6.45) is 1.16. The van der Waals surface area contributed by atoms with E-state index in [1.54, 1.807) is 18.2 Å². The van der Waals surface area contributed by atoms with Crippen LogP contribution >= 0.6 is 0 Å². The van der Waals surface area contributed by atoms with Crippen LogP contribution in [0, 0.1) is 38.6 Å². The Kier molecular flexibility index (Phi) is 4.60. The van der Waals surface area contributed by atoms with Gasteiger partial charge < -0.3 is 0 Å². The van der Waals surface area contributed by atoms with Gasteiger partial charge in [-0.3, -0.25) is 15.5 Å². The van der Waals surface area contributed by atoms with Crippen molar-refractivity contribution in [3.63, 3.8) is 0 Å². The Bertz CT molecular complexity index is 880. The van der Waals surface area contributed by atoms with Gasteiger partial charge in [-0.15, -0.1) is 0 Å². The van der Waals surface area contributed by atoms with E-state index in [1.807, 2.05) is 0 Å². The number of anilines is 1. The molecule has 0 aromatic heterocycles. The SMILES string of the molecule is N#Cc1cc(N/N=C\c2ccccc2F)c([N+](=O)[O-])cc1C#N. The molecule has 7 nitrogen and oxygen atoms in total. The molecule has 112 valence electrons. The number of hydrogen-bond donors (Lipinski definition) is 1. The second-order valence-electron chi connectivity index (χ2n) is 4.29. The van der Waals surface area contributed by atoms with Crippen LogP contribution in [-0.4, -0.2) is 11.1 Å². The molecular formula is C15H8FN5O2. The summed E-state index contributed by atoms with van der Waals surface area (Å²) in [6.45, 7) is 0. The average Bonchev–Trinajstić information content (AvgIpc) is 2.55. The molecule has 2 aromatic carbocycles. The maximum atomic E-state index is 13.4. The van der Waals surface area contributed by atoms with Gasteiger partial charge in [-0.2, -0.15) is 15.6 Å². The van der Waals surface area contributed by atoms with E-state index in [0.717, 1.165) is 18.3 Å². The molecule has 0 saturated carbocycles. The van der Waals surface area contributed by atoms with Crippen molar-refractivity contribution < 1.29 is 9.31 Å². The summed E-state index contributed by atoms with van der Waals surface area (Å²) in [5, 5.41) is 32.6. The van der Waals surface area contributed by atoms with Crippen molar-refractivity contribution in [1.82, 2.24) is 0 Å². The molecule has 0 heterocycles. The molecule has 0 aliphatic carbocycles. The van der Waals surface area contributed by atoms with E-state index in [2.05, 4.69) is 10.5 Å². The van der Waals surface area contributed by atoms with Gasteiger partial charge in [0.15, 0.2) is 0 Å². The first kappa shape index (κ1) is 15.6. The first-order chi connectivity index (χ1) is 11.1. The molecule has 0 radical (unpaired) electrons. The number of hydrogen-bond acceptors (Lipinski definition) is 6. The average molecular weight is 309 g/mol. The molecule has 2 rings (SSSR count). The number of nitrogens with one attached hydrogen (secondary N) is 1. The highest BCUT2D eigenvalue weighted by atomic mass is 19.1. The second-order valence-corrected chi connectivity index (χ2v) is 4.29. The smallest absolute Gasteiger partial charge is 0.272 e. The fourth-order valence-corrected chi connectivity index (χ4v) is 1.77. The Balaban J connectivity index is 2.36. The molecule has 0 atom stereocenters. The molecule has 0 fully saturated rings. The Hall–Kier alpha value is -3.78. The molecule has 0 aliphatic rings. The van der Waals surface area contributed by atoms with Crippen molar-refractivity contribution in [2.45, 2.75) is 0 Å². The van der Waals surface area contributed by atoms with Crippen molar-refractivity contribution in [3.8, 4) is 12.1 Å². The van der Waals surface area contributed by atoms with E-state index in [0.29, 0.717) is 0 Å². The number of nitro groups is 1. The fourth-order valence-electron chi connectivity index (χ4n) is 1.77. The predicted octanol–water partition coefficient (Wildman–Crippen LogP) is 2.92. The predicted molar refractivity (Wildman–Crippen MR) is 80.1 cm³/mol. The minimum absolute atomic E-state index is 0.0262. The number of benzene rings is 2. The number of nitro benzene ring substituents is 1. The van der Waals surface area contributed by atoms with Crippen LogP contribution in [-0.2, 0) is 0 Å². The van der Waals surface area contributed by atoms with Crippen molar-refractivity contribution in [2.75, 3.05) is 5.43 Å². The quantitative estimate of drug-likeness (QED) is 0.529. The van der Waals surface area contributed by atoms with Crippen molar-refractivity contribution in [2.24, 2.45) is 5.10 Å². The Morgan fingerprint density at radius 3 is 2.48 bits per heavy atom. The summed E-state index contributed by atoms with van der Waals surface area (Å²) in [7, 11) is 0. The van der Waals surface area contributed by atoms with Gasteiger partial charge in [-0.05, 0) is 12.1 Å². The van der Waals surface area contributed by atoms with Crippen molar-refractivity contribution in [1.29, 1.82) is 10.5 Å². The lowest BCUT2D eigenvalue weighted by Crippen LogP contribution is -2.00. The highest BCUT2D eigenvalue weighted by molar-refractivity contribution is 5.81. The number of rotatable bonds is 4. The highest BCUT2D eigenvalue weighted by Crippen LogP contribution is 2.28. The van der Waals surface area contributed by atoms with Crippen LogP contribution in [0.25, 0.3) is 0 Å². The number of nitriles is 2. The van der Waals surface area contributed by atoms with Gasteiger partial charge >= 0.3 is 0 Å². The zero-order chi connectivity index (χ0) is 16.8. The molecule has 8 heteroatoms. The molecule has 0 spiro atoms. The Morgan fingerprint density at radius 2 is 1.87 bits per heavy atom. The minimum Gasteiger partial charge on any atom is -0.272 e. The number of halogens is 1. The summed E-state index contributed by atoms with van der Waals surface area (Å²) in [5.41, 5.74) is 1.97. The van der Waals surface area contributed by atoms with E-state index < -0.39 is 16.4 Å². The highest BCUT2D eigenvalue weighted by Gasteiger charge is 2.18. The van der Waals surface area contributed by atoms with Gasteiger partial charge in [0.25, 0.3) is 5.69 Å². The lowest BCUT2D eigenvalue weighted by molar-refractivity contribution is -0.384. The van der Waals surface area contributed by atoms with Crippen LogP contribution in [0.4, 0.5) is 15.8 Å². The van der Waals surface area contributed by atoms with Gasteiger partial charge in [0, 0.05) is 11.6 Å². The van der Waals surface area contributed by atoms with E-state index in [-0.39, 0.29) is 22.4 Å². The first-order valence-corrected chi connectivity index (χ1v) is 6.23. The Labute approximate surface area is 130 Å². The standard InChI is InChI=1S/C15H8FN5O2/c16-13-4-2-1-3-10(13)9-19-20-14-5-11(7-17)12(8-18)6-15(14)21(22)23/h1-6,9,20H/b19-9-. The third-order valence-electron chi connectivity index (χ3n) is 2.87. The van der Waals surface area contributed by atoms with E-state index in [1.165, 1.54) is 18.2 Å². The van der Waals surface area contributed by atoms with Crippen molar-refractivity contribution in [3.05, 3.63) is 69.0 Å². The molecule has 23 heavy (non-hydrogen) atoms. The number of nitrogens with zero attached hydrogens (tertiary/aromatic N) is 4. The van der Waals surface area contributed by atoms with Crippen LogP contribution in [0.5, 0.6) is 0 Å². The van der Waals surface area contributed by atoms with Gasteiger partial charge in [0.2, 0.25) is 0 Å². The first-order valence-electron chi connectivity index (χ1n) is 6.23. The monoisotopic (exact) mass is 309 g/mol. The van der Waals surface area contributed by atoms with E-state index >= 15 is 0 Å². The fraction of sp³-hybridized carbons (Fsp3) is 0. The summed E-state index contributed by atoms with van der Waals surface area (Å²) in [4.78, 5) is 10.3. The van der Waals surface area contributed by atoms with Crippen LogP contribution in [0.1, 0.15) is 16.7 Å². The zero-order valence-corrected chi connectivity index (χ0v) is 11.5. The topological polar surface area (TPSA) is 115 Å². The maximum Gasteiger partial charge on any atom is 0.295 e. The van der Waals surface area contributed by atoms with Crippen molar-refractivity contribution >= 4 is 17.6 Å². The summed E-state index contributed by atoms with van der Waals surface area (Å²) in [6, 6.07) is 11.5. The third-order valence-corrected chi connectivity index (χ3v) is 2.87. The zero-order valence-electron chi connectivity index (χ0n) is 11.5. The van der Waals surface area contributed by atoms with Gasteiger partial charge in [0.05, 0.1) is 22.3 Å². The molecule has 0 saturated heterocycles. The molecule has 0 bridgehead atoms. The molecule has 0 amide bonds. The lowest BCUT2D eigenvalue weighted by Gasteiger charge is -2.04. The maximum absolute atomic E-state index is 13.4.